The van der Waals surface area contributed by atoms with Crippen LogP contribution in [0.25, 0.3) is 5.52 Å². The van der Waals surface area contributed by atoms with Crippen LogP contribution in [0.3, 0.4) is 0 Å². The molecule has 1 aromatic carbocycles. The second-order valence-electron chi connectivity index (χ2n) is 5.32. The topological polar surface area (TPSA) is 75.5 Å². The average molecular weight is 389 g/mol. The van der Waals surface area contributed by atoms with Gasteiger partial charge in [0, 0.05) is 18.4 Å². The number of nitrogens with zero attached hydrogens (tertiary/aromatic N) is 2. The fourth-order valence-corrected chi connectivity index (χ4v) is 2.67. The van der Waals surface area contributed by atoms with Crippen LogP contribution in [0.5, 0.6) is 0 Å². The summed E-state index contributed by atoms with van der Waals surface area (Å²) in [5.41, 5.74) is 1.10. The van der Waals surface area contributed by atoms with E-state index >= 15 is 0 Å². The molecule has 0 aliphatic rings. The van der Waals surface area contributed by atoms with Gasteiger partial charge >= 0.3 is 0 Å². The molecule has 2 N–H and O–H groups in total. The van der Waals surface area contributed by atoms with Gasteiger partial charge in [-0.2, -0.15) is 0 Å². The third-order valence-electron chi connectivity index (χ3n) is 3.55. The highest BCUT2D eigenvalue weighted by Gasteiger charge is 2.21. The average Bonchev–Trinajstić information content (AvgIpc) is 3.03. The number of amides is 2. The summed E-state index contributed by atoms with van der Waals surface area (Å²) in [6.07, 6.45) is 3.23. The van der Waals surface area contributed by atoms with Crippen molar-refractivity contribution < 1.29 is 9.59 Å². The quantitative estimate of drug-likeness (QED) is 0.652. The molecular weight excluding hydrogens is 375 g/mol. The Bertz CT molecular complexity index is 1010. The van der Waals surface area contributed by atoms with E-state index in [4.69, 9.17) is 23.2 Å². The molecule has 3 rings (SSSR count). The van der Waals surface area contributed by atoms with Crippen molar-refractivity contribution in [3.63, 3.8) is 0 Å². The summed E-state index contributed by atoms with van der Waals surface area (Å²) < 4.78 is 1.56. The minimum Gasteiger partial charge on any atom is -0.346 e. The van der Waals surface area contributed by atoms with Gasteiger partial charge in [-0.3, -0.25) is 14.0 Å². The predicted molar refractivity (Wildman–Crippen MR) is 102 cm³/mol. The fraction of sp³-hybridized carbons (Fsp3) is 0.0556. The zero-order valence-corrected chi connectivity index (χ0v) is 15.0. The maximum Gasteiger partial charge on any atom is 0.287 e. The van der Waals surface area contributed by atoms with Gasteiger partial charge in [0.2, 0.25) is 5.82 Å². The summed E-state index contributed by atoms with van der Waals surface area (Å²) in [6.45, 7) is 3.85. The first-order valence-corrected chi connectivity index (χ1v) is 8.39. The van der Waals surface area contributed by atoms with Gasteiger partial charge in [-0.25, -0.2) is 4.98 Å². The molecule has 8 heteroatoms. The maximum absolute atomic E-state index is 12.7. The second kappa shape index (κ2) is 7.59. The summed E-state index contributed by atoms with van der Waals surface area (Å²) in [5, 5.41) is 6.07. The first-order chi connectivity index (χ1) is 12.5. The van der Waals surface area contributed by atoms with E-state index in [1.807, 2.05) is 0 Å². The van der Waals surface area contributed by atoms with Gasteiger partial charge in [-0.05, 0) is 30.3 Å². The van der Waals surface area contributed by atoms with E-state index in [9.17, 15) is 9.59 Å². The number of hydrogen-bond donors (Lipinski definition) is 2. The molecule has 0 atom stereocenters. The number of benzene rings is 1. The van der Waals surface area contributed by atoms with Crippen molar-refractivity contribution in [2.24, 2.45) is 0 Å². The summed E-state index contributed by atoms with van der Waals surface area (Å²) in [4.78, 5) is 29.2. The molecule has 0 saturated heterocycles. The standard InChI is InChI=1S/C18H14Cl2N4O2/c1-2-8-21-18(26)16-23-15(14-5-3-4-9-24(14)16)17(25)22-11-6-7-12(19)13(20)10-11/h2-7,9-10H,1,8H2,(H,21,26)(H,22,25). The number of aromatic nitrogens is 2. The molecular formula is C18H14Cl2N4O2. The Balaban J connectivity index is 1.96. The van der Waals surface area contributed by atoms with Crippen molar-refractivity contribution >= 4 is 46.2 Å². The molecule has 0 radical (unpaired) electrons. The second-order valence-corrected chi connectivity index (χ2v) is 6.14. The van der Waals surface area contributed by atoms with Gasteiger partial charge in [0.1, 0.15) is 0 Å². The molecule has 6 nitrogen and oxygen atoms in total. The van der Waals surface area contributed by atoms with Crippen LogP contribution < -0.4 is 10.6 Å². The zero-order valence-electron chi connectivity index (χ0n) is 13.5. The minimum absolute atomic E-state index is 0.113. The Labute approximate surface area is 159 Å². The van der Waals surface area contributed by atoms with Crippen molar-refractivity contribution in [1.82, 2.24) is 14.7 Å². The summed E-state index contributed by atoms with van der Waals surface area (Å²) in [7, 11) is 0. The lowest BCUT2D eigenvalue weighted by molar-refractivity contribution is 0.0947. The molecule has 2 amide bonds. The largest absolute Gasteiger partial charge is 0.346 e. The number of hydrogen-bond acceptors (Lipinski definition) is 3. The van der Waals surface area contributed by atoms with Gasteiger partial charge in [0.05, 0.1) is 15.6 Å². The number of carbonyl (C=O) groups excluding carboxylic acids is 2. The highest BCUT2D eigenvalue weighted by Crippen LogP contribution is 2.25. The third kappa shape index (κ3) is 3.56. The molecule has 0 fully saturated rings. The highest BCUT2D eigenvalue weighted by atomic mass is 35.5. The predicted octanol–water partition coefficient (Wildman–Crippen LogP) is 3.81. The fourth-order valence-electron chi connectivity index (χ4n) is 2.37. The number of pyridine rings is 1. The van der Waals surface area contributed by atoms with Crippen molar-refractivity contribution in [2.45, 2.75) is 0 Å². The van der Waals surface area contributed by atoms with Crippen molar-refractivity contribution in [3.05, 3.63) is 76.8 Å². The van der Waals surface area contributed by atoms with Crippen LogP contribution in [0.15, 0.2) is 55.3 Å². The van der Waals surface area contributed by atoms with E-state index in [0.717, 1.165) is 0 Å². The molecule has 2 heterocycles. The lowest BCUT2D eigenvalue weighted by Crippen LogP contribution is -2.25. The molecule has 2 aromatic heterocycles. The van der Waals surface area contributed by atoms with E-state index in [-0.39, 0.29) is 11.5 Å². The van der Waals surface area contributed by atoms with Gasteiger partial charge in [0.15, 0.2) is 5.69 Å². The summed E-state index contributed by atoms with van der Waals surface area (Å²) >= 11 is 11.8. The van der Waals surface area contributed by atoms with Gasteiger partial charge in [-0.15, -0.1) is 6.58 Å². The normalized spacial score (nSPS) is 10.5. The van der Waals surface area contributed by atoms with Crippen LogP contribution in [0.2, 0.25) is 10.0 Å². The summed E-state index contributed by atoms with van der Waals surface area (Å²) in [6, 6.07) is 9.97. The van der Waals surface area contributed by atoms with Crippen molar-refractivity contribution in [1.29, 1.82) is 0 Å². The zero-order chi connectivity index (χ0) is 18.7. The number of carbonyl (C=O) groups is 2. The Morgan fingerprint density at radius 1 is 1.15 bits per heavy atom. The van der Waals surface area contributed by atoms with Crippen LogP contribution in [-0.4, -0.2) is 27.7 Å². The third-order valence-corrected chi connectivity index (χ3v) is 4.29. The van der Waals surface area contributed by atoms with Crippen LogP contribution in [0, 0.1) is 0 Å². The Kier molecular flexibility index (Phi) is 5.25. The Morgan fingerprint density at radius 3 is 2.69 bits per heavy atom. The lowest BCUT2D eigenvalue weighted by Gasteiger charge is -2.05. The Hall–Kier alpha value is -2.83. The number of nitrogens with one attached hydrogen (secondary N) is 2. The van der Waals surface area contributed by atoms with Crippen LogP contribution in [-0.2, 0) is 0 Å². The molecule has 0 aliphatic heterocycles. The highest BCUT2D eigenvalue weighted by molar-refractivity contribution is 6.42. The smallest absolute Gasteiger partial charge is 0.287 e. The molecule has 26 heavy (non-hydrogen) atoms. The summed E-state index contributed by atoms with van der Waals surface area (Å²) in [5.74, 6) is -0.753. The SMILES string of the molecule is C=CCNC(=O)c1nc(C(=O)Nc2ccc(Cl)c(Cl)c2)c2ccccn12. The molecule has 0 unspecified atom stereocenters. The monoisotopic (exact) mass is 388 g/mol. The molecule has 0 spiro atoms. The van der Waals surface area contributed by atoms with E-state index in [2.05, 4.69) is 22.2 Å². The van der Waals surface area contributed by atoms with Gasteiger partial charge in [-0.1, -0.05) is 35.3 Å². The number of anilines is 1. The minimum atomic E-state index is -0.463. The number of rotatable bonds is 5. The molecule has 0 bridgehead atoms. The number of imidazole rings is 1. The molecule has 0 aliphatic carbocycles. The van der Waals surface area contributed by atoms with Crippen LogP contribution >= 0.6 is 23.2 Å². The van der Waals surface area contributed by atoms with Gasteiger partial charge in [0.25, 0.3) is 11.8 Å². The first kappa shape index (κ1) is 18.0. The maximum atomic E-state index is 12.7. The molecule has 3 aromatic rings. The number of halogens is 2. The van der Waals surface area contributed by atoms with Crippen LogP contribution in [0.4, 0.5) is 5.69 Å². The molecule has 0 saturated carbocycles. The van der Waals surface area contributed by atoms with Crippen molar-refractivity contribution in [3.8, 4) is 0 Å². The lowest BCUT2D eigenvalue weighted by atomic mass is 10.3. The van der Waals surface area contributed by atoms with E-state index in [1.54, 1.807) is 47.0 Å². The Morgan fingerprint density at radius 2 is 1.96 bits per heavy atom. The molecule has 132 valence electrons. The van der Waals surface area contributed by atoms with E-state index < -0.39 is 11.8 Å². The van der Waals surface area contributed by atoms with Crippen molar-refractivity contribution in [2.75, 3.05) is 11.9 Å². The first-order valence-electron chi connectivity index (χ1n) is 7.64. The number of fused-ring (bicyclic) bond motifs is 1. The van der Waals surface area contributed by atoms with E-state index in [1.165, 1.54) is 6.07 Å². The van der Waals surface area contributed by atoms with E-state index in [0.29, 0.717) is 27.8 Å². The van der Waals surface area contributed by atoms with Gasteiger partial charge < -0.3 is 10.6 Å². The van der Waals surface area contributed by atoms with Crippen LogP contribution in [0.1, 0.15) is 21.1 Å².